The summed E-state index contributed by atoms with van der Waals surface area (Å²) in [6, 6.07) is 0. The number of hydrogen-bond donors (Lipinski definition) is 0. The highest BCUT2D eigenvalue weighted by Gasteiger charge is 2.51. The average molecular weight is 293 g/mol. The van der Waals surface area contributed by atoms with E-state index in [-0.39, 0.29) is 5.41 Å². The van der Waals surface area contributed by atoms with Crippen molar-refractivity contribution < 1.29 is 20.4 Å². The number of fused-ring (bicyclic) bond motifs is 1. The maximum Gasteiger partial charge on any atom is 0.323 e. The van der Waals surface area contributed by atoms with Crippen molar-refractivity contribution in [3.8, 4) is 0 Å². The van der Waals surface area contributed by atoms with Crippen LogP contribution in [0.1, 0.15) is 40.9 Å². The summed E-state index contributed by atoms with van der Waals surface area (Å²) in [5.41, 5.74) is -0.623. The quantitative estimate of drug-likeness (QED) is 0.593. The molecule has 0 aliphatic heterocycles. The lowest BCUT2D eigenvalue weighted by Gasteiger charge is -2.42. The molecule has 2 aliphatic carbocycles. The topological polar surface area (TPSA) is 52.6 Å². The van der Waals surface area contributed by atoms with E-state index in [0.717, 1.165) is 24.8 Å². The van der Waals surface area contributed by atoms with Gasteiger partial charge in [-0.1, -0.05) is 25.2 Å². The fourth-order valence-electron chi connectivity index (χ4n) is 3.27. The fraction of sp³-hybridized carbons (Fsp3) is 0.647. The summed E-state index contributed by atoms with van der Waals surface area (Å²) in [6.45, 7) is 3.62. The Kier molecular flexibility index (Phi) is 3.87. The van der Waals surface area contributed by atoms with Crippen LogP contribution >= 0.6 is 0 Å². The fourth-order valence-corrected chi connectivity index (χ4v) is 3.27. The maximum absolute atomic E-state index is 12.3. The normalized spacial score (nSPS) is 32.6. The van der Waals surface area contributed by atoms with Crippen molar-refractivity contribution in [2.24, 2.45) is 16.7 Å². The molecule has 0 saturated carbocycles. The molecule has 0 heterocycles. The Balaban J connectivity index is 2.54. The largest absolute Gasteiger partial charge is 0.468 e. The van der Waals surface area contributed by atoms with Crippen LogP contribution in [0.2, 0.25) is 0 Å². The molecule has 2 aliphatic rings. The zero-order valence-electron chi connectivity index (χ0n) is 14.2. The number of carbonyl (C=O) groups excluding carboxylic acids is 2. The molecular weight excluding hydrogens is 268 g/mol. The van der Waals surface area contributed by atoms with Gasteiger partial charge in [-0.25, -0.2) is 0 Å². The van der Waals surface area contributed by atoms with Gasteiger partial charge >= 0.3 is 11.9 Å². The van der Waals surface area contributed by atoms with E-state index in [1.165, 1.54) is 21.1 Å². The molecule has 2 rings (SSSR count). The molecule has 116 valence electrons. The van der Waals surface area contributed by atoms with Crippen LogP contribution in [-0.4, -0.2) is 26.2 Å². The van der Waals surface area contributed by atoms with E-state index in [1.807, 2.05) is 6.08 Å². The van der Waals surface area contributed by atoms with Gasteiger partial charge in [0.2, 0.25) is 0 Å². The Bertz CT molecular complexity index is 535. The number of esters is 2. The molecule has 0 spiro atoms. The molecule has 4 nitrogen and oxygen atoms in total. The van der Waals surface area contributed by atoms with E-state index in [9.17, 15) is 9.59 Å². The van der Waals surface area contributed by atoms with E-state index in [0.29, 0.717) is 6.42 Å². The van der Waals surface area contributed by atoms with Crippen molar-refractivity contribution >= 4 is 11.9 Å². The van der Waals surface area contributed by atoms with Crippen molar-refractivity contribution in [3.05, 3.63) is 23.8 Å². The predicted molar refractivity (Wildman–Crippen MR) is 79.4 cm³/mol. The van der Waals surface area contributed by atoms with Crippen LogP contribution in [-0.2, 0) is 19.1 Å². The number of carbonyl (C=O) groups is 2. The first-order valence-electron chi connectivity index (χ1n) is 7.80. The highest BCUT2D eigenvalue weighted by Crippen LogP contribution is 2.49. The van der Waals surface area contributed by atoms with Gasteiger partial charge in [0.15, 0.2) is 5.41 Å². The third kappa shape index (κ3) is 2.52. The maximum atomic E-state index is 12.3. The first-order valence-corrected chi connectivity index (χ1v) is 7.30. The second-order valence-corrected chi connectivity index (χ2v) is 6.23. The van der Waals surface area contributed by atoms with Gasteiger partial charge in [-0.3, -0.25) is 9.59 Å². The van der Waals surface area contributed by atoms with Gasteiger partial charge in [0.05, 0.1) is 14.2 Å². The molecule has 0 aromatic carbocycles. The van der Waals surface area contributed by atoms with Crippen molar-refractivity contribution in [1.29, 1.82) is 0 Å². The standard InChI is InChI=1S/C17H24O4/c1-16-9-6-5-7-12(16)11-13(8-10-16)17(2,14(18)20-3)15(19)21-4/h5,7,11,13H,6,8-10H2,1-4H3/t13-,16-/m1/s1/i13D. The van der Waals surface area contributed by atoms with Crippen LogP contribution in [0, 0.1) is 16.7 Å². The lowest BCUT2D eigenvalue weighted by atomic mass is 9.62. The summed E-state index contributed by atoms with van der Waals surface area (Å²) < 4.78 is 18.5. The smallest absolute Gasteiger partial charge is 0.323 e. The second-order valence-electron chi connectivity index (χ2n) is 6.23. The number of rotatable bonds is 3. The highest BCUT2D eigenvalue weighted by molar-refractivity contribution is 6.00. The monoisotopic (exact) mass is 293 g/mol. The lowest BCUT2D eigenvalue weighted by molar-refractivity contribution is -0.171. The highest BCUT2D eigenvalue weighted by atomic mass is 16.5. The van der Waals surface area contributed by atoms with E-state index < -0.39 is 23.2 Å². The van der Waals surface area contributed by atoms with Crippen LogP contribution in [0.3, 0.4) is 0 Å². The Hall–Kier alpha value is -1.58. The van der Waals surface area contributed by atoms with Crippen molar-refractivity contribution in [1.82, 2.24) is 0 Å². The molecule has 0 amide bonds. The number of hydrogen-bond acceptors (Lipinski definition) is 4. The van der Waals surface area contributed by atoms with E-state index in [1.54, 1.807) is 6.08 Å². The van der Waals surface area contributed by atoms with Gasteiger partial charge in [0, 0.05) is 7.26 Å². The zero-order chi connectivity index (χ0) is 16.6. The van der Waals surface area contributed by atoms with Crippen molar-refractivity contribution in [2.45, 2.75) is 39.5 Å². The Labute approximate surface area is 127 Å². The number of methoxy groups -OCH3 is 2. The van der Waals surface area contributed by atoms with Gasteiger partial charge in [-0.2, -0.15) is 0 Å². The molecule has 0 N–H and O–H groups in total. The summed E-state index contributed by atoms with van der Waals surface area (Å²) in [5.74, 6) is -2.83. The number of ether oxygens (including phenoxy) is 2. The van der Waals surface area contributed by atoms with Crippen LogP contribution in [0.15, 0.2) is 23.8 Å². The Morgan fingerprint density at radius 3 is 2.52 bits per heavy atom. The Morgan fingerprint density at radius 2 is 1.95 bits per heavy atom. The summed E-state index contributed by atoms with van der Waals surface area (Å²) in [4.78, 5) is 24.6. The molecule has 0 bridgehead atoms. The molecule has 21 heavy (non-hydrogen) atoms. The SMILES string of the molecule is [2H][C@]1(C(C)(C(=O)OC)C(=O)OC)C=C2C=CCC[C@]2(C)CC1. The molecule has 4 heteroatoms. The molecule has 2 atom stereocenters. The lowest BCUT2D eigenvalue weighted by Crippen LogP contribution is -2.46. The second kappa shape index (κ2) is 5.66. The van der Waals surface area contributed by atoms with Gasteiger partial charge in [-0.15, -0.1) is 0 Å². The summed E-state index contributed by atoms with van der Waals surface area (Å²) in [5, 5.41) is 0. The van der Waals surface area contributed by atoms with Crippen LogP contribution in [0.25, 0.3) is 0 Å². The van der Waals surface area contributed by atoms with Gasteiger partial charge in [0.1, 0.15) is 0 Å². The molecule has 0 unspecified atom stereocenters. The summed E-state index contributed by atoms with van der Waals surface area (Å²) in [7, 11) is 2.46. The molecule has 0 radical (unpaired) electrons. The zero-order valence-corrected chi connectivity index (χ0v) is 13.2. The predicted octanol–water partition coefficient (Wildman–Crippen LogP) is 3.03. The van der Waals surface area contributed by atoms with E-state index in [2.05, 4.69) is 13.0 Å². The molecule has 0 fully saturated rings. The molecule has 0 saturated heterocycles. The number of allylic oxidation sites excluding steroid dienone is 4. The Morgan fingerprint density at radius 1 is 1.33 bits per heavy atom. The van der Waals surface area contributed by atoms with E-state index in [4.69, 9.17) is 10.8 Å². The first-order chi connectivity index (χ1) is 10.2. The minimum atomic E-state index is -1.67. The van der Waals surface area contributed by atoms with Gasteiger partial charge in [-0.05, 0) is 43.6 Å². The van der Waals surface area contributed by atoms with Crippen LogP contribution in [0.5, 0.6) is 0 Å². The first kappa shape index (κ1) is 14.4. The minimum Gasteiger partial charge on any atom is -0.468 e. The van der Waals surface area contributed by atoms with Crippen LogP contribution < -0.4 is 0 Å². The molecular formula is C17H24O4. The molecule has 0 aromatic heterocycles. The minimum absolute atomic E-state index is 0.0203. The summed E-state index contributed by atoms with van der Waals surface area (Å²) >= 11 is 0. The van der Waals surface area contributed by atoms with Crippen LogP contribution in [0.4, 0.5) is 0 Å². The average Bonchev–Trinajstić information content (AvgIpc) is 2.52. The third-order valence-electron chi connectivity index (χ3n) is 4.96. The van der Waals surface area contributed by atoms with Gasteiger partial charge in [0.25, 0.3) is 0 Å². The third-order valence-corrected chi connectivity index (χ3v) is 4.96. The van der Waals surface area contributed by atoms with Crippen molar-refractivity contribution in [2.75, 3.05) is 14.2 Å². The van der Waals surface area contributed by atoms with E-state index >= 15 is 0 Å². The molecule has 0 aromatic rings. The summed E-state index contributed by atoms with van der Waals surface area (Å²) in [6.07, 6.45) is 9.08. The van der Waals surface area contributed by atoms with Crippen molar-refractivity contribution in [3.63, 3.8) is 0 Å². The van der Waals surface area contributed by atoms with Gasteiger partial charge < -0.3 is 9.47 Å².